The summed E-state index contributed by atoms with van der Waals surface area (Å²) in [4.78, 5) is 58.9. The fraction of sp³-hybridized carbons (Fsp3) is 0.667. The molecule has 0 spiro atoms. The largest absolute Gasteiger partial charge is 0.380 e. The molecule has 1 aromatic rings. The highest BCUT2D eigenvalue weighted by molar-refractivity contribution is 6.01. The molecule has 1 aliphatic carbocycles. The Kier molecular flexibility index (Phi) is 7.99. The number of hydrogen-bond donors (Lipinski definition) is 2. The van der Waals surface area contributed by atoms with Crippen LogP contribution in [0.4, 0.5) is 5.69 Å². The second kappa shape index (κ2) is 11.3. The van der Waals surface area contributed by atoms with Crippen molar-refractivity contribution in [2.24, 2.45) is 5.92 Å². The molecule has 3 unspecified atom stereocenters. The lowest BCUT2D eigenvalue weighted by atomic mass is 9.83. The molecule has 9 heteroatoms. The van der Waals surface area contributed by atoms with Crippen LogP contribution in [0, 0.1) is 5.92 Å². The van der Waals surface area contributed by atoms with Gasteiger partial charge in [0, 0.05) is 30.9 Å². The molecule has 3 atom stereocenters. The SMILES string of the molecule is CC(C)CC(NC(=O)c1ccc(N2CCCC2)cc1)C(=O)N1CCC2C1C(=O)CN2C(=O)C1(O)CCCCC1. The maximum atomic E-state index is 13.8. The Morgan fingerprint density at radius 3 is 2.28 bits per heavy atom. The fourth-order valence-corrected chi connectivity index (χ4v) is 6.89. The summed E-state index contributed by atoms with van der Waals surface area (Å²) in [6.07, 6.45) is 6.69. The van der Waals surface area contributed by atoms with E-state index >= 15 is 0 Å². The first-order chi connectivity index (χ1) is 18.7. The highest BCUT2D eigenvalue weighted by atomic mass is 16.3. The van der Waals surface area contributed by atoms with E-state index in [1.54, 1.807) is 17.0 Å². The van der Waals surface area contributed by atoms with Gasteiger partial charge in [-0.25, -0.2) is 0 Å². The number of aliphatic hydroxyl groups is 1. The summed E-state index contributed by atoms with van der Waals surface area (Å²) in [7, 11) is 0. The minimum absolute atomic E-state index is 0.0785. The van der Waals surface area contributed by atoms with Crippen molar-refractivity contribution < 1.29 is 24.3 Å². The van der Waals surface area contributed by atoms with Crippen LogP contribution in [0.1, 0.15) is 82.0 Å². The lowest BCUT2D eigenvalue weighted by Gasteiger charge is -2.36. The number of likely N-dealkylation sites (tertiary alicyclic amines) is 2. The lowest BCUT2D eigenvalue weighted by molar-refractivity contribution is -0.156. The molecule has 5 rings (SSSR count). The smallest absolute Gasteiger partial charge is 0.255 e. The van der Waals surface area contributed by atoms with Crippen LogP contribution in [-0.4, -0.2) is 88.3 Å². The molecule has 0 aromatic heterocycles. The zero-order valence-electron chi connectivity index (χ0n) is 23.2. The van der Waals surface area contributed by atoms with Gasteiger partial charge in [0.2, 0.25) is 5.91 Å². The fourth-order valence-electron chi connectivity index (χ4n) is 6.89. The Bertz CT molecular complexity index is 1090. The average Bonchev–Trinajstić information content (AvgIpc) is 3.67. The normalized spacial score (nSPS) is 25.2. The molecule has 3 saturated heterocycles. The molecule has 0 bridgehead atoms. The van der Waals surface area contributed by atoms with Gasteiger partial charge in [0.25, 0.3) is 11.8 Å². The molecule has 2 N–H and O–H groups in total. The summed E-state index contributed by atoms with van der Waals surface area (Å²) in [6, 6.07) is 5.58. The topological polar surface area (TPSA) is 110 Å². The first-order valence-corrected chi connectivity index (χ1v) is 14.7. The zero-order chi connectivity index (χ0) is 27.7. The van der Waals surface area contributed by atoms with Crippen molar-refractivity contribution in [3.63, 3.8) is 0 Å². The van der Waals surface area contributed by atoms with E-state index in [0.29, 0.717) is 37.8 Å². The van der Waals surface area contributed by atoms with Gasteiger partial charge < -0.3 is 25.1 Å². The van der Waals surface area contributed by atoms with Crippen LogP contribution in [0.15, 0.2) is 24.3 Å². The van der Waals surface area contributed by atoms with Crippen LogP contribution in [-0.2, 0) is 14.4 Å². The number of Topliss-reactive ketones (excluding diaryl/α,β-unsaturated/α-hetero) is 1. The minimum atomic E-state index is -1.41. The standard InChI is InChI=1S/C30H42N4O5/c1-20(2)18-23(31-27(36)21-8-10-22(11-9-21)32-15-6-7-16-32)28(37)33-17-12-24-26(33)25(35)19-34(24)29(38)30(39)13-4-3-5-14-30/h8-11,20,23-24,26,39H,3-7,12-19H2,1-2H3,(H,31,36). The van der Waals surface area contributed by atoms with Crippen molar-refractivity contribution in [1.82, 2.24) is 15.1 Å². The number of benzene rings is 1. The molecule has 39 heavy (non-hydrogen) atoms. The van der Waals surface area contributed by atoms with Crippen LogP contribution >= 0.6 is 0 Å². The summed E-state index contributed by atoms with van der Waals surface area (Å²) in [5.41, 5.74) is 0.176. The van der Waals surface area contributed by atoms with E-state index in [1.807, 2.05) is 26.0 Å². The molecule has 212 valence electrons. The average molecular weight is 539 g/mol. The summed E-state index contributed by atoms with van der Waals surface area (Å²) in [6.45, 7) is 6.30. The van der Waals surface area contributed by atoms with E-state index in [9.17, 15) is 24.3 Å². The van der Waals surface area contributed by atoms with E-state index in [2.05, 4.69) is 10.2 Å². The summed E-state index contributed by atoms with van der Waals surface area (Å²) in [5.74, 6) is -0.996. The van der Waals surface area contributed by atoms with Crippen molar-refractivity contribution in [3.05, 3.63) is 29.8 Å². The Morgan fingerprint density at radius 2 is 1.64 bits per heavy atom. The number of anilines is 1. The van der Waals surface area contributed by atoms with Crippen LogP contribution in [0.25, 0.3) is 0 Å². The van der Waals surface area contributed by atoms with Crippen LogP contribution in [0.2, 0.25) is 0 Å². The lowest BCUT2D eigenvalue weighted by Crippen LogP contribution is -2.54. The molecule has 3 heterocycles. The van der Waals surface area contributed by atoms with E-state index < -0.39 is 23.7 Å². The predicted octanol–water partition coefficient (Wildman–Crippen LogP) is 2.51. The van der Waals surface area contributed by atoms with Gasteiger partial charge in [0.05, 0.1) is 12.6 Å². The number of carbonyl (C=O) groups excluding carboxylic acids is 4. The Hall–Kier alpha value is -2.94. The number of hydrogen-bond acceptors (Lipinski definition) is 6. The van der Waals surface area contributed by atoms with Crippen molar-refractivity contribution >= 4 is 29.2 Å². The number of nitrogens with one attached hydrogen (secondary N) is 1. The molecule has 1 saturated carbocycles. The summed E-state index contributed by atoms with van der Waals surface area (Å²) < 4.78 is 0. The van der Waals surface area contributed by atoms with Crippen molar-refractivity contribution in [3.8, 4) is 0 Å². The molecule has 1 aromatic carbocycles. The molecule has 4 fully saturated rings. The number of nitrogens with zero attached hydrogens (tertiary/aromatic N) is 3. The maximum Gasteiger partial charge on any atom is 0.255 e. The molecule has 3 aliphatic heterocycles. The highest BCUT2D eigenvalue weighted by Gasteiger charge is 2.55. The van der Waals surface area contributed by atoms with Crippen molar-refractivity contribution in [2.45, 2.75) is 95.4 Å². The first-order valence-electron chi connectivity index (χ1n) is 14.7. The molecule has 0 radical (unpaired) electrons. The van der Waals surface area contributed by atoms with Gasteiger partial charge in [0.15, 0.2) is 5.78 Å². The van der Waals surface area contributed by atoms with Gasteiger partial charge >= 0.3 is 0 Å². The van der Waals surface area contributed by atoms with E-state index in [-0.39, 0.29) is 36.0 Å². The Labute approximate surface area is 230 Å². The minimum Gasteiger partial charge on any atom is -0.380 e. The maximum absolute atomic E-state index is 13.8. The Morgan fingerprint density at radius 1 is 0.974 bits per heavy atom. The van der Waals surface area contributed by atoms with Crippen molar-refractivity contribution in [1.29, 1.82) is 0 Å². The number of amides is 3. The zero-order valence-corrected chi connectivity index (χ0v) is 23.2. The van der Waals surface area contributed by atoms with Crippen LogP contribution in [0.5, 0.6) is 0 Å². The van der Waals surface area contributed by atoms with Gasteiger partial charge in [-0.1, -0.05) is 33.1 Å². The number of fused-ring (bicyclic) bond motifs is 1. The van der Waals surface area contributed by atoms with Gasteiger partial charge in [-0.15, -0.1) is 0 Å². The molecule has 4 aliphatic rings. The van der Waals surface area contributed by atoms with E-state index in [0.717, 1.165) is 38.0 Å². The summed E-state index contributed by atoms with van der Waals surface area (Å²) in [5, 5.41) is 14.0. The number of carbonyl (C=O) groups is 4. The third-order valence-electron chi connectivity index (χ3n) is 8.96. The van der Waals surface area contributed by atoms with Gasteiger partial charge in [-0.3, -0.25) is 19.2 Å². The highest BCUT2D eigenvalue weighted by Crippen LogP contribution is 2.36. The number of rotatable bonds is 7. The first kappa shape index (κ1) is 27.6. The molecular formula is C30H42N4O5. The third-order valence-corrected chi connectivity index (χ3v) is 8.96. The van der Waals surface area contributed by atoms with E-state index in [1.165, 1.54) is 17.7 Å². The van der Waals surface area contributed by atoms with Gasteiger partial charge in [-0.2, -0.15) is 0 Å². The predicted molar refractivity (Wildman–Crippen MR) is 147 cm³/mol. The van der Waals surface area contributed by atoms with Gasteiger partial charge in [0.1, 0.15) is 17.7 Å². The molecule has 9 nitrogen and oxygen atoms in total. The molecular weight excluding hydrogens is 496 g/mol. The van der Waals surface area contributed by atoms with Crippen LogP contribution < -0.4 is 10.2 Å². The second-order valence-corrected chi connectivity index (χ2v) is 12.2. The van der Waals surface area contributed by atoms with E-state index in [4.69, 9.17) is 0 Å². The number of ketones is 1. The molecule has 3 amide bonds. The quantitative estimate of drug-likeness (QED) is 0.552. The van der Waals surface area contributed by atoms with Crippen molar-refractivity contribution in [2.75, 3.05) is 31.1 Å². The summed E-state index contributed by atoms with van der Waals surface area (Å²) >= 11 is 0. The second-order valence-electron chi connectivity index (χ2n) is 12.2. The van der Waals surface area contributed by atoms with Gasteiger partial charge in [-0.05, 0) is 68.7 Å². The monoisotopic (exact) mass is 538 g/mol. The Balaban J connectivity index is 1.28. The van der Waals surface area contributed by atoms with Crippen LogP contribution in [0.3, 0.4) is 0 Å². The third kappa shape index (κ3) is 5.55.